The highest BCUT2D eigenvalue weighted by Crippen LogP contribution is 2.57. The van der Waals surface area contributed by atoms with Gasteiger partial charge in [-0.2, -0.15) is 0 Å². The minimum Gasteiger partial charge on any atom is -0.392 e. The van der Waals surface area contributed by atoms with E-state index in [-0.39, 0.29) is 54.8 Å². The topological polar surface area (TPSA) is 139 Å². The first-order valence-electron chi connectivity index (χ1n) is 13.6. The molecule has 2 aromatic rings. The number of carbonyl (C=O) groups is 4. The van der Waals surface area contributed by atoms with Gasteiger partial charge in [0.1, 0.15) is 11.6 Å². The van der Waals surface area contributed by atoms with Crippen molar-refractivity contribution >= 4 is 29.2 Å². The zero-order valence-electron chi connectivity index (χ0n) is 23.2. The average molecular weight is 536 g/mol. The molecule has 39 heavy (non-hydrogen) atoms. The quantitative estimate of drug-likeness (QED) is 0.205. The molecule has 1 aliphatic rings. The van der Waals surface area contributed by atoms with Gasteiger partial charge in [-0.05, 0) is 60.3 Å². The Bertz CT molecular complexity index is 1150. The number of anilines is 1. The number of amides is 3. The molecule has 0 radical (unpaired) electrons. The van der Waals surface area contributed by atoms with Crippen LogP contribution in [0.2, 0.25) is 0 Å². The molecule has 0 spiro atoms. The first-order chi connectivity index (χ1) is 18.5. The SMILES string of the molecule is C[C@@H](CC(=O)C1(C(=O)C[C@@H](CCCNC(N)=O)C(=O)Nc2ccc(CO)cc2)CC(C)(C)C1)c1ccccc1. The fraction of sp³-hybridized carbons (Fsp3) is 0.484. The van der Waals surface area contributed by atoms with E-state index < -0.39 is 17.4 Å². The molecule has 8 nitrogen and oxygen atoms in total. The lowest BCUT2D eigenvalue weighted by Crippen LogP contribution is -2.54. The van der Waals surface area contributed by atoms with E-state index >= 15 is 0 Å². The molecule has 1 aliphatic carbocycles. The van der Waals surface area contributed by atoms with Gasteiger partial charge in [-0.25, -0.2) is 4.79 Å². The fourth-order valence-corrected chi connectivity index (χ4v) is 5.75. The Labute approximate surface area is 230 Å². The normalized spacial score (nSPS) is 16.8. The first-order valence-corrected chi connectivity index (χ1v) is 13.6. The van der Waals surface area contributed by atoms with Gasteiger partial charge in [-0.3, -0.25) is 14.4 Å². The fourth-order valence-electron chi connectivity index (χ4n) is 5.75. The number of rotatable bonds is 14. The number of urea groups is 1. The predicted octanol–water partition coefficient (Wildman–Crippen LogP) is 4.71. The van der Waals surface area contributed by atoms with Gasteiger partial charge >= 0.3 is 6.03 Å². The third kappa shape index (κ3) is 7.99. The van der Waals surface area contributed by atoms with Crippen molar-refractivity contribution in [3.05, 3.63) is 65.7 Å². The monoisotopic (exact) mass is 535 g/mol. The summed E-state index contributed by atoms with van der Waals surface area (Å²) in [4.78, 5) is 52.0. The number of nitrogens with one attached hydrogen (secondary N) is 2. The van der Waals surface area contributed by atoms with Gasteiger partial charge in [-0.1, -0.05) is 63.2 Å². The largest absolute Gasteiger partial charge is 0.392 e. The van der Waals surface area contributed by atoms with Crippen molar-refractivity contribution in [1.29, 1.82) is 0 Å². The summed E-state index contributed by atoms with van der Waals surface area (Å²) in [6.07, 6.45) is 1.95. The molecular formula is C31H41N3O5. The predicted molar refractivity (Wildman–Crippen MR) is 151 cm³/mol. The van der Waals surface area contributed by atoms with Crippen LogP contribution in [0.25, 0.3) is 0 Å². The van der Waals surface area contributed by atoms with Gasteiger partial charge < -0.3 is 21.5 Å². The van der Waals surface area contributed by atoms with Crippen LogP contribution in [0, 0.1) is 16.7 Å². The second kappa shape index (κ2) is 13.0. The summed E-state index contributed by atoms with van der Waals surface area (Å²) in [5, 5.41) is 14.7. The van der Waals surface area contributed by atoms with Crippen LogP contribution in [0.5, 0.6) is 0 Å². The van der Waals surface area contributed by atoms with Crippen LogP contribution in [-0.4, -0.2) is 35.2 Å². The summed E-state index contributed by atoms with van der Waals surface area (Å²) in [7, 11) is 0. The van der Waals surface area contributed by atoms with Gasteiger partial charge in [0.05, 0.1) is 12.0 Å². The van der Waals surface area contributed by atoms with Crippen molar-refractivity contribution in [1.82, 2.24) is 5.32 Å². The maximum absolute atomic E-state index is 13.9. The highest BCUT2D eigenvalue weighted by atomic mass is 16.3. The Hall–Kier alpha value is -3.52. The van der Waals surface area contributed by atoms with E-state index in [0.29, 0.717) is 31.4 Å². The summed E-state index contributed by atoms with van der Waals surface area (Å²) < 4.78 is 0. The number of nitrogens with two attached hydrogens (primary N) is 1. The number of primary amides is 1. The average Bonchev–Trinajstić information content (AvgIpc) is 2.89. The molecule has 0 bridgehead atoms. The molecule has 2 atom stereocenters. The van der Waals surface area contributed by atoms with Crippen molar-refractivity contribution in [2.75, 3.05) is 11.9 Å². The third-order valence-electron chi connectivity index (χ3n) is 7.72. The van der Waals surface area contributed by atoms with Crippen LogP contribution < -0.4 is 16.4 Å². The summed E-state index contributed by atoms with van der Waals surface area (Å²) in [6, 6.07) is 16.0. The van der Waals surface area contributed by atoms with Crippen LogP contribution in [-0.2, 0) is 21.0 Å². The lowest BCUT2D eigenvalue weighted by Gasteiger charge is -2.51. The smallest absolute Gasteiger partial charge is 0.312 e. The molecule has 0 aromatic heterocycles. The Balaban J connectivity index is 1.76. The molecule has 3 rings (SSSR count). The van der Waals surface area contributed by atoms with Crippen molar-refractivity contribution in [3.63, 3.8) is 0 Å². The molecule has 3 amide bonds. The van der Waals surface area contributed by atoms with Gasteiger partial charge in [0.25, 0.3) is 0 Å². The van der Waals surface area contributed by atoms with Crippen molar-refractivity contribution in [2.45, 2.75) is 71.8 Å². The molecule has 1 fully saturated rings. The summed E-state index contributed by atoms with van der Waals surface area (Å²) >= 11 is 0. The van der Waals surface area contributed by atoms with Crippen LogP contribution in [0.1, 0.15) is 76.3 Å². The molecule has 2 aromatic carbocycles. The molecule has 8 heteroatoms. The molecule has 0 saturated heterocycles. The number of aliphatic hydroxyl groups excluding tert-OH is 1. The lowest BCUT2D eigenvalue weighted by molar-refractivity contribution is -0.157. The first kappa shape index (κ1) is 30.0. The molecule has 0 aliphatic heterocycles. The summed E-state index contributed by atoms with van der Waals surface area (Å²) in [5.41, 5.74) is 6.27. The molecule has 0 heterocycles. The van der Waals surface area contributed by atoms with Gasteiger partial charge in [-0.15, -0.1) is 0 Å². The Kier molecular flexibility index (Phi) is 10.0. The van der Waals surface area contributed by atoms with E-state index in [1.807, 2.05) is 37.3 Å². The number of carbonyl (C=O) groups excluding carboxylic acids is 4. The third-order valence-corrected chi connectivity index (χ3v) is 7.72. The number of aliphatic hydroxyl groups is 1. The molecule has 0 unspecified atom stereocenters. The van der Waals surface area contributed by atoms with E-state index in [0.717, 1.165) is 11.1 Å². The highest BCUT2D eigenvalue weighted by molar-refractivity contribution is 6.09. The minimum absolute atomic E-state index is 0.0204. The number of hydrogen-bond acceptors (Lipinski definition) is 5. The lowest BCUT2D eigenvalue weighted by atomic mass is 9.49. The number of hydrogen-bond donors (Lipinski definition) is 4. The minimum atomic E-state index is -1.08. The van der Waals surface area contributed by atoms with Crippen molar-refractivity contribution < 1.29 is 24.3 Å². The summed E-state index contributed by atoms with van der Waals surface area (Å²) in [6.45, 7) is 6.29. The Morgan fingerprint density at radius 1 is 0.949 bits per heavy atom. The Morgan fingerprint density at radius 3 is 2.13 bits per heavy atom. The zero-order valence-corrected chi connectivity index (χ0v) is 23.2. The molecule has 5 N–H and O–H groups in total. The standard InChI is InChI=1S/C31H41N3O5/c1-21(23-8-5-4-6-9-23)16-26(36)31(19-30(2,3)20-31)27(37)17-24(10-7-15-33-29(32)39)28(38)34-25-13-11-22(18-35)12-14-25/h4-6,8-9,11-14,21,24,35H,7,10,15-20H2,1-3H3,(H,34,38)(H3,32,33,39)/t21-,24+/m0/s1. The van der Waals surface area contributed by atoms with Crippen molar-refractivity contribution in [2.24, 2.45) is 22.5 Å². The maximum atomic E-state index is 13.9. The van der Waals surface area contributed by atoms with Gasteiger partial charge in [0.15, 0.2) is 0 Å². The molecular weight excluding hydrogens is 494 g/mol. The van der Waals surface area contributed by atoms with Crippen LogP contribution >= 0.6 is 0 Å². The van der Waals surface area contributed by atoms with E-state index in [1.165, 1.54) is 0 Å². The zero-order chi connectivity index (χ0) is 28.6. The Morgan fingerprint density at radius 2 is 1.56 bits per heavy atom. The van der Waals surface area contributed by atoms with Crippen LogP contribution in [0.3, 0.4) is 0 Å². The van der Waals surface area contributed by atoms with Crippen LogP contribution in [0.15, 0.2) is 54.6 Å². The van der Waals surface area contributed by atoms with E-state index in [9.17, 15) is 24.3 Å². The number of benzene rings is 2. The molecule has 210 valence electrons. The van der Waals surface area contributed by atoms with E-state index in [2.05, 4.69) is 24.5 Å². The van der Waals surface area contributed by atoms with E-state index in [1.54, 1.807) is 24.3 Å². The number of Topliss-reactive ketones (excluding diaryl/α,β-unsaturated/α-hetero) is 2. The maximum Gasteiger partial charge on any atom is 0.312 e. The summed E-state index contributed by atoms with van der Waals surface area (Å²) in [5.74, 6) is -1.27. The van der Waals surface area contributed by atoms with Crippen LogP contribution in [0.4, 0.5) is 10.5 Å². The van der Waals surface area contributed by atoms with Gasteiger partial charge in [0, 0.05) is 31.0 Å². The second-order valence-corrected chi connectivity index (χ2v) is 11.6. The second-order valence-electron chi connectivity index (χ2n) is 11.6. The van der Waals surface area contributed by atoms with Gasteiger partial charge in [0.2, 0.25) is 5.91 Å². The highest BCUT2D eigenvalue weighted by Gasteiger charge is 2.58. The van der Waals surface area contributed by atoms with Crippen molar-refractivity contribution in [3.8, 4) is 0 Å². The number of ketones is 2. The molecule has 1 saturated carbocycles. The van der Waals surface area contributed by atoms with E-state index in [4.69, 9.17) is 5.73 Å².